The summed E-state index contributed by atoms with van der Waals surface area (Å²) in [6.45, 7) is 7.13. The van der Waals surface area contributed by atoms with Gasteiger partial charge in [0.1, 0.15) is 0 Å². The quantitative estimate of drug-likeness (QED) is 0.586. The third-order valence-corrected chi connectivity index (χ3v) is 6.44. The van der Waals surface area contributed by atoms with E-state index < -0.39 is 18.8 Å². The lowest BCUT2D eigenvalue weighted by Crippen LogP contribution is -2.54. The highest BCUT2D eigenvalue weighted by Crippen LogP contribution is 2.40. The zero-order valence-corrected chi connectivity index (χ0v) is 18.3. The van der Waals surface area contributed by atoms with Crippen molar-refractivity contribution in [1.82, 2.24) is 9.80 Å². The Bertz CT molecular complexity index is 906. The Morgan fingerprint density at radius 2 is 1.81 bits per heavy atom. The Morgan fingerprint density at radius 1 is 1.09 bits per heavy atom. The van der Waals surface area contributed by atoms with E-state index >= 15 is 0 Å². The van der Waals surface area contributed by atoms with E-state index in [0.29, 0.717) is 18.9 Å². The van der Waals surface area contributed by atoms with Crippen molar-refractivity contribution < 1.29 is 17.6 Å². The van der Waals surface area contributed by atoms with Crippen LogP contribution in [0.15, 0.2) is 42.5 Å². The maximum Gasteiger partial charge on any atom is 0.401 e. The van der Waals surface area contributed by atoms with Crippen LogP contribution in [0.3, 0.4) is 0 Å². The zero-order valence-electron chi connectivity index (χ0n) is 18.3. The van der Waals surface area contributed by atoms with Crippen LogP contribution in [0.5, 0.6) is 0 Å². The molecule has 7 heteroatoms. The summed E-state index contributed by atoms with van der Waals surface area (Å²) in [6, 6.07) is 13.1. The molecule has 4 rings (SSSR count). The van der Waals surface area contributed by atoms with Crippen molar-refractivity contribution >= 4 is 5.69 Å². The van der Waals surface area contributed by atoms with Gasteiger partial charge in [-0.05, 0) is 61.1 Å². The maximum absolute atomic E-state index is 13.4. The summed E-state index contributed by atoms with van der Waals surface area (Å²) in [4.78, 5) is 3.76. The van der Waals surface area contributed by atoms with Gasteiger partial charge in [-0.15, -0.1) is 0 Å². The van der Waals surface area contributed by atoms with Gasteiger partial charge in [0.2, 0.25) is 0 Å². The number of rotatable bonds is 7. The normalized spacial score (nSPS) is 22.4. The van der Waals surface area contributed by atoms with Crippen molar-refractivity contribution in [2.45, 2.75) is 44.1 Å². The second-order valence-corrected chi connectivity index (χ2v) is 9.04. The monoisotopic (exact) mass is 448 g/mol. The van der Waals surface area contributed by atoms with Gasteiger partial charge in [0, 0.05) is 31.4 Å². The molecule has 1 N–H and O–H groups in total. The summed E-state index contributed by atoms with van der Waals surface area (Å²) in [6.07, 6.45) is -3.13. The van der Waals surface area contributed by atoms with E-state index in [2.05, 4.69) is 17.1 Å². The van der Waals surface area contributed by atoms with Crippen LogP contribution in [0, 0.1) is 6.92 Å². The summed E-state index contributed by atoms with van der Waals surface area (Å²) in [7, 11) is 0. The van der Waals surface area contributed by atoms with Gasteiger partial charge < -0.3 is 5.32 Å². The Balaban J connectivity index is 1.53. The number of benzene rings is 2. The predicted octanol–water partition coefficient (Wildman–Crippen LogP) is 5.22. The molecule has 1 radical (unpaired) electrons. The molecule has 2 aliphatic rings. The molecule has 0 bridgehead atoms. The first-order valence-corrected chi connectivity index (χ1v) is 11.2. The van der Waals surface area contributed by atoms with Gasteiger partial charge >= 0.3 is 6.18 Å². The van der Waals surface area contributed by atoms with Crippen LogP contribution in [0.1, 0.15) is 41.6 Å². The number of nitrogens with one attached hydrogen (secondary N) is 1. The molecular weight excluding hydrogens is 418 g/mol. The first-order chi connectivity index (χ1) is 15.2. The molecule has 0 spiro atoms. The molecule has 1 saturated heterocycles. The van der Waals surface area contributed by atoms with Crippen molar-refractivity contribution in [2.75, 3.05) is 38.2 Å². The van der Waals surface area contributed by atoms with Crippen LogP contribution in [0.2, 0.25) is 0 Å². The molecule has 0 amide bonds. The molecule has 32 heavy (non-hydrogen) atoms. The number of hydrogen-bond acceptors (Lipinski definition) is 3. The predicted molar refractivity (Wildman–Crippen MR) is 120 cm³/mol. The van der Waals surface area contributed by atoms with Crippen molar-refractivity contribution in [3.63, 3.8) is 0 Å². The molecular formula is C25H30F4N3. The van der Waals surface area contributed by atoms with Crippen molar-refractivity contribution in [3.8, 4) is 0 Å². The minimum atomic E-state index is -4.27. The van der Waals surface area contributed by atoms with Crippen molar-refractivity contribution in [3.05, 3.63) is 71.6 Å². The van der Waals surface area contributed by atoms with Gasteiger partial charge in [-0.25, -0.2) is 0 Å². The lowest BCUT2D eigenvalue weighted by atomic mass is 9.84. The Morgan fingerprint density at radius 3 is 2.47 bits per heavy atom. The van der Waals surface area contributed by atoms with E-state index in [1.54, 1.807) is 4.90 Å². The van der Waals surface area contributed by atoms with E-state index in [0.717, 1.165) is 47.6 Å². The first-order valence-electron chi connectivity index (χ1n) is 11.2. The molecule has 2 atom stereocenters. The largest absolute Gasteiger partial charge is 0.401 e. The topological polar surface area (TPSA) is 18.5 Å². The fourth-order valence-corrected chi connectivity index (χ4v) is 4.92. The van der Waals surface area contributed by atoms with Gasteiger partial charge in [0.05, 0.1) is 25.3 Å². The molecule has 3 nitrogen and oxygen atoms in total. The average Bonchev–Trinajstić information content (AvgIpc) is 2.70. The average molecular weight is 449 g/mol. The van der Waals surface area contributed by atoms with Crippen LogP contribution in [-0.4, -0.2) is 60.9 Å². The third kappa shape index (κ3) is 5.26. The summed E-state index contributed by atoms with van der Waals surface area (Å²) in [5.41, 5.74) is 4.66. The number of halogens is 4. The fourth-order valence-electron chi connectivity index (χ4n) is 4.92. The van der Waals surface area contributed by atoms with Crippen molar-refractivity contribution in [2.24, 2.45) is 0 Å². The molecule has 0 unspecified atom stereocenters. The molecule has 0 aromatic heterocycles. The second kappa shape index (κ2) is 9.40. The fraction of sp³-hybridized carbons (Fsp3) is 0.480. The molecule has 0 saturated carbocycles. The van der Waals surface area contributed by atoms with Crippen LogP contribution in [0.25, 0.3) is 0 Å². The Hall–Kier alpha value is -2.12. The summed E-state index contributed by atoms with van der Waals surface area (Å²) >= 11 is 0. The molecule has 0 aliphatic carbocycles. The molecule has 1 fully saturated rings. The summed E-state index contributed by atoms with van der Waals surface area (Å²) < 4.78 is 52.5. The van der Waals surface area contributed by atoms with Crippen LogP contribution < -0.4 is 5.32 Å². The number of likely N-dealkylation sites (tertiary alicyclic amines) is 1. The maximum atomic E-state index is 13.4. The van der Waals surface area contributed by atoms with Gasteiger partial charge in [0.15, 0.2) is 0 Å². The summed E-state index contributed by atoms with van der Waals surface area (Å²) in [5.74, 6) is 0. The van der Waals surface area contributed by atoms with Gasteiger partial charge in [0.25, 0.3) is 0 Å². The Labute approximate surface area is 187 Å². The lowest BCUT2D eigenvalue weighted by molar-refractivity contribution is -0.155. The van der Waals surface area contributed by atoms with E-state index in [9.17, 15) is 17.6 Å². The molecule has 2 heterocycles. The first kappa shape index (κ1) is 23.1. The van der Waals surface area contributed by atoms with Gasteiger partial charge in [-0.1, -0.05) is 30.3 Å². The molecule has 2 aromatic rings. The Kier molecular flexibility index (Phi) is 6.77. The van der Waals surface area contributed by atoms with Gasteiger partial charge in [-0.3, -0.25) is 14.2 Å². The number of hydrogen-bond donors (Lipinski definition) is 1. The number of anilines is 1. The van der Waals surface area contributed by atoms with Crippen LogP contribution in [-0.2, 0) is 6.42 Å². The smallest absolute Gasteiger partial charge is 0.380 e. The number of fused-ring (bicyclic) bond motifs is 1. The third-order valence-electron chi connectivity index (χ3n) is 6.44. The highest BCUT2D eigenvalue weighted by Gasteiger charge is 2.40. The van der Waals surface area contributed by atoms with E-state index in [-0.39, 0.29) is 12.7 Å². The second-order valence-electron chi connectivity index (χ2n) is 9.04. The molecule has 2 aliphatic heterocycles. The van der Waals surface area contributed by atoms with E-state index in [1.165, 1.54) is 0 Å². The van der Waals surface area contributed by atoms with E-state index in [1.807, 2.05) is 49.4 Å². The van der Waals surface area contributed by atoms with Crippen LogP contribution in [0.4, 0.5) is 23.2 Å². The highest BCUT2D eigenvalue weighted by molar-refractivity contribution is 5.49. The van der Waals surface area contributed by atoms with Crippen LogP contribution >= 0.6 is 0 Å². The van der Waals surface area contributed by atoms with Crippen molar-refractivity contribution in [1.29, 1.82) is 0 Å². The lowest BCUT2D eigenvalue weighted by Gasteiger charge is -2.43. The molecule has 173 valence electrons. The minimum Gasteiger partial charge on any atom is -0.380 e. The number of alkyl halides is 4. The standard InChI is InChI=1S/C25H30F4N3/c1-17-4-9-23-20(12-17)13-18(2)32(16-25(27,28)29)24(23)19-5-7-21(8-6-19)30-22-14-31(15-22)11-3-10-26/h4-9,12,18,22,24,30H,1,3,10-11,13-16H2,2H3/t18-,24-/m0/s1. The summed E-state index contributed by atoms with van der Waals surface area (Å²) in [5, 5.41) is 3.46. The SMILES string of the molecule is [CH2]c1ccc2c(c1)C[C@H](C)N(CC(F)(F)F)[C@H]2c1ccc(NC2CN(CCCF)C2)cc1. The van der Waals surface area contributed by atoms with Gasteiger partial charge in [-0.2, -0.15) is 13.2 Å². The minimum absolute atomic E-state index is 0.237. The van der Waals surface area contributed by atoms with E-state index in [4.69, 9.17) is 0 Å². The number of nitrogens with zero attached hydrogens (tertiary/aromatic N) is 2. The zero-order chi connectivity index (χ0) is 22.9. The molecule has 2 aromatic carbocycles. The highest BCUT2D eigenvalue weighted by atomic mass is 19.4.